The Hall–Kier alpha value is -2.90. The van der Waals surface area contributed by atoms with E-state index in [1.807, 2.05) is 4.90 Å². The number of nitrogens with zero attached hydrogens (tertiary/aromatic N) is 4. The van der Waals surface area contributed by atoms with Crippen LogP contribution in [0.15, 0.2) is 34.4 Å². The van der Waals surface area contributed by atoms with Gasteiger partial charge in [-0.3, -0.25) is 9.36 Å². The molecule has 0 radical (unpaired) electrons. The minimum Gasteiger partial charge on any atom is -0.340 e. The number of alkyl halides is 3. The van der Waals surface area contributed by atoms with Gasteiger partial charge in [0.1, 0.15) is 10.2 Å². The number of hydrogen-bond acceptors (Lipinski definition) is 6. The number of halogens is 3. The number of rotatable bonds is 3. The maximum Gasteiger partial charge on any atom is 0.419 e. The monoisotopic (exact) mass is 419 g/mol. The van der Waals surface area contributed by atoms with Crippen LogP contribution in [0.2, 0.25) is 0 Å². The van der Waals surface area contributed by atoms with Crippen molar-refractivity contribution in [3.8, 4) is 6.07 Å². The lowest BCUT2D eigenvalue weighted by Gasteiger charge is -2.30. The number of anilines is 1. The van der Waals surface area contributed by atoms with Crippen molar-refractivity contribution < 1.29 is 13.2 Å². The molecule has 0 amide bonds. The number of nitriles is 1. The minimum absolute atomic E-state index is 0.0364. The Bertz CT molecular complexity index is 1160. The molecule has 10 heteroatoms. The summed E-state index contributed by atoms with van der Waals surface area (Å²) < 4.78 is 41.5. The van der Waals surface area contributed by atoms with Crippen LogP contribution in [0.1, 0.15) is 16.7 Å². The van der Waals surface area contributed by atoms with Crippen molar-refractivity contribution >= 4 is 27.5 Å². The van der Waals surface area contributed by atoms with E-state index in [2.05, 4.69) is 16.4 Å². The Balaban J connectivity index is 1.93. The van der Waals surface area contributed by atoms with Gasteiger partial charge in [0.05, 0.1) is 23.7 Å². The molecular weight excluding hydrogens is 403 g/mol. The SMILES string of the molecule is N#Cc1ccccc1Cn1c(N2CCNCC2)nc2c(C(F)(F)F)csc2c1=O. The average molecular weight is 419 g/mol. The minimum atomic E-state index is -4.59. The fraction of sp³-hybridized carbons (Fsp3) is 0.316. The molecule has 0 aliphatic carbocycles. The molecule has 3 heterocycles. The van der Waals surface area contributed by atoms with E-state index < -0.39 is 17.3 Å². The van der Waals surface area contributed by atoms with Gasteiger partial charge in [0.15, 0.2) is 0 Å². The van der Waals surface area contributed by atoms with Crippen LogP contribution in [-0.2, 0) is 12.7 Å². The fourth-order valence-electron chi connectivity index (χ4n) is 3.38. The van der Waals surface area contributed by atoms with Crippen LogP contribution in [0.5, 0.6) is 0 Å². The maximum atomic E-state index is 13.4. The number of thiophene rings is 1. The van der Waals surface area contributed by atoms with Crippen molar-refractivity contribution in [3.63, 3.8) is 0 Å². The Morgan fingerprint density at radius 1 is 1.24 bits per heavy atom. The van der Waals surface area contributed by atoms with Gasteiger partial charge in [-0.25, -0.2) is 4.98 Å². The molecule has 1 N–H and O–H groups in total. The summed E-state index contributed by atoms with van der Waals surface area (Å²) in [6.07, 6.45) is -4.59. The van der Waals surface area contributed by atoms with Crippen molar-refractivity contribution in [1.29, 1.82) is 5.26 Å². The zero-order chi connectivity index (χ0) is 20.6. The van der Waals surface area contributed by atoms with Crippen LogP contribution in [0.25, 0.3) is 10.2 Å². The summed E-state index contributed by atoms with van der Waals surface area (Å²) in [6.45, 7) is 2.37. The highest BCUT2D eigenvalue weighted by molar-refractivity contribution is 7.17. The lowest BCUT2D eigenvalue weighted by atomic mass is 10.1. The zero-order valence-corrected chi connectivity index (χ0v) is 16.0. The molecule has 0 bridgehead atoms. The second kappa shape index (κ2) is 7.50. The first kappa shape index (κ1) is 19.4. The van der Waals surface area contributed by atoms with E-state index in [9.17, 15) is 23.2 Å². The van der Waals surface area contributed by atoms with Gasteiger partial charge in [-0.05, 0) is 11.6 Å². The summed E-state index contributed by atoms with van der Waals surface area (Å²) in [5.74, 6) is 0.195. The van der Waals surface area contributed by atoms with Crippen molar-refractivity contribution in [2.24, 2.45) is 0 Å². The van der Waals surface area contributed by atoms with Crippen LogP contribution in [0.3, 0.4) is 0 Å². The molecule has 0 spiro atoms. The summed E-state index contributed by atoms with van der Waals surface area (Å²) in [6, 6.07) is 8.94. The van der Waals surface area contributed by atoms with Crippen LogP contribution in [-0.4, -0.2) is 35.7 Å². The van der Waals surface area contributed by atoms with E-state index in [0.717, 1.165) is 16.7 Å². The van der Waals surface area contributed by atoms with Gasteiger partial charge < -0.3 is 10.2 Å². The summed E-state index contributed by atoms with van der Waals surface area (Å²) >= 11 is 0.746. The maximum absolute atomic E-state index is 13.4. The smallest absolute Gasteiger partial charge is 0.340 e. The molecule has 4 rings (SSSR count). The van der Waals surface area contributed by atoms with Gasteiger partial charge in [0.25, 0.3) is 5.56 Å². The fourth-order valence-corrected chi connectivity index (χ4v) is 4.33. The highest BCUT2D eigenvalue weighted by Gasteiger charge is 2.36. The van der Waals surface area contributed by atoms with E-state index in [1.54, 1.807) is 24.3 Å². The predicted molar refractivity (Wildman–Crippen MR) is 104 cm³/mol. The molecule has 0 atom stereocenters. The number of hydrogen-bond donors (Lipinski definition) is 1. The van der Waals surface area contributed by atoms with Crippen LogP contribution in [0, 0.1) is 11.3 Å². The number of nitrogens with one attached hydrogen (secondary N) is 1. The van der Waals surface area contributed by atoms with E-state index in [0.29, 0.717) is 37.3 Å². The van der Waals surface area contributed by atoms with Crippen molar-refractivity contribution in [2.45, 2.75) is 12.7 Å². The topological polar surface area (TPSA) is 74.0 Å². The third-order valence-electron chi connectivity index (χ3n) is 4.83. The van der Waals surface area contributed by atoms with E-state index in [1.165, 1.54) is 4.57 Å². The molecule has 2 aromatic heterocycles. The molecule has 0 saturated carbocycles. The molecule has 150 valence electrons. The predicted octanol–water partition coefficient (Wildman–Crippen LogP) is 2.81. The number of aromatic nitrogens is 2. The molecular formula is C19H16F3N5OS. The third-order valence-corrected chi connectivity index (χ3v) is 5.79. The van der Waals surface area contributed by atoms with Crippen molar-refractivity contribution in [2.75, 3.05) is 31.1 Å². The first-order valence-electron chi connectivity index (χ1n) is 8.93. The van der Waals surface area contributed by atoms with Crippen molar-refractivity contribution in [3.05, 3.63) is 56.7 Å². The van der Waals surface area contributed by atoms with Crippen LogP contribution < -0.4 is 15.8 Å². The number of fused-ring (bicyclic) bond motifs is 1. The molecule has 29 heavy (non-hydrogen) atoms. The molecule has 1 aliphatic heterocycles. The lowest BCUT2D eigenvalue weighted by Crippen LogP contribution is -2.46. The van der Waals surface area contributed by atoms with Gasteiger partial charge in [0, 0.05) is 31.6 Å². The Labute approximate surface area is 167 Å². The van der Waals surface area contributed by atoms with Gasteiger partial charge in [-0.2, -0.15) is 18.4 Å². The molecule has 3 aromatic rings. The first-order valence-corrected chi connectivity index (χ1v) is 9.81. The largest absolute Gasteiger partial charge is 0.419 e. The van der Waals surface area contributed by atoms with Crippen LogP contribution >= 0.6 is 11.3 Å². The standard InChI is InChI=1S/C19H16F3N5OS/c20-19(21,22)14-11-29-16-15(14)25-18(26-7-5-24-6-8-26)27(17(16)28)10-13-4-2-1-3-12(13)9-23/h1-4,11,24H,5-8,10H2. The van der Waals surface area contributed by atoms with Crippen LogP contribution in [0.4, 0.5) is 19.1 Å². The summed E-state index contributed by atoms with van der Waals surface area (Å²) in [5.41, 5.74) is -0.715. The quantitative estimate of drug-likeness (QED) is 0.707. The van der Waals surface area contributed by atoms with E-state index in [4.69, 9.17) is 0 Å². The highest BCUT2D eigenvalue weighted by atomic mass is 32.1. The third kappa shape index (κ3) is 3.59. The van der Waals surface area contributed by atoms with Crippen molar-refractivity contribution in [1.82, 2.24) is 14.9 Å². The molecule has 1 fully saturated rings. The lowest BCUT2D eigenvalue weighted by molar-refractivity contribution is -0.136. The summed E-state index contributed by atoms with van der Waals surface area (Å²) in [5, 5.41) is 13.5. The van der Waals surface area contributed by atoms with Gasteiger partial charge in [-0.15, -0.1) is 11.3 Å². The van der Waals surface area contributed by atoms with Gasteiger partial charge in [-0.1, -0.05) is 18.2 Å². The van der Waals surface area contributed by atoms with E-state index >= 15 is 0 Å². The van der Waals surface area contributed by atoms with Gasteiger partial charge >= 0.3 is 6.18 Å². The molecule has 6 nitrogen and oxygen atoms in total. The Morgan fingerprint density at radius 2 is 1.97 bits per heavy atom. The zero-order valence-electron chi connectivity index (χ0n) is 15.2. The molecule has 0 unspecified atom stereocenters. The normalized spacial score (nSPS) is 14.9. The van der Waals surface area contributed by atoms with Gasteiger partial charge in [0.2, 0.25) is 5.95 Å². The summed E-state index contributed by atoms with van der Waals surface area (Å²) in [7, 11) is 0. The van der Waals surface area contributed by atoms with E-state index in [-0.39, 0.29) is 22.7 Å². The second-order valence-electron chi connectivity index (χ2n) is 6.63. The number of piperazine rings is 1. The highest BCUT2D eigenvalue weighted by Crippen LogP contribution is 2.37. The average Bonchev–Trinajstić information content (AvgIpc) is 3.16. The molecule has 1 aliphatic rings. The Morgan fingerprint density at radius 3 is 2.66 bits per heavy atom. The molecule has 1 saturated heterocycles. The Kier molecular flexibility index (Phi) is 5.02. The molecule has 1 aromatic carbocycles. The number of benzene rings is 1. The summed E-state index contributed by atoms with van der Waals surface area (Å²) in [4.78, 5) is 19.3. The first-order chi connectivity index (χ1) is 13.9. The second-order valence-corrected chi connectivity index (χ2v) is 7.51.